The number of hydrogen-bond acceptors (Lipinski definition) is 4. The first kappa shape index (κ1) is 18.1. The second-order valence-corrected chi connectivity index (χ2v) is 5.92. The molecule has 1 aliphatic heterocycles. The van der Waals surface area contributed by atoms with Crippen molar-refractivity contribution < 1.29 is 19.1 Å². The first-order valence-electron chi connectivity index (χ1n) is 8.41. The fourth-order valence-electron chi connectivity index (χ4n) is 2.88. The van der Waals surface area contributed by atoms with Crippen LogP contribution >= 0.6 is 0 Å². The quantitative estimate of drug-likeness (QED) is 0.829. The van der Waals surface area contributed by atoms with E-state index in [0.29, 0.717) is 31.2 Å². The van der Waals surface area contributed by atoms with Crippen molar-refractivity contribution in [3.05, 3.63) is 23.8 Å². The summed E-state index contributed by atoms with van der Waals surface area (Å²) in [5.41, 5.74) is 0.927. The number of carbonyl (C=O) groups excluding carboxylic acids is 2. The monoisotopic (exact) mass is 334 g/mol. The fraction of sp³-hybridized carbons (Fsp3) is 0.556. The number of nitrogens with zero attached hydrogens (tertiary/aromatic N) is 1. The van der Waals surface area contributed by atoms with E-state index in [2.05, 4.69) is 5.32 Å². The molecule has 6 nitrogen and oxygen atoms in total. The van der Waals surface area contributed by atoms with Crippen molar-refractivity contribution in [2.45, 2.75) is 45.7 Å². The van der Waals surface area contributed by atoms with E-state index < -0.39 is 0 Å². The van der Waals surface area contributed by atoms with Gasteiger partial charge in [0.1, 0.15) is 6.04 Å². The smallest absolute Gasteiger partial charge is 0.243 e. The molecule has 24 heavy (non-hydrogen) atoms. The van der Waals surface area contributed by atoms with Crippen molar-refractivity contribution >= 4 is 11.8 Å². The number of ether oxygens (including phenoxy) is 2. The molecule has 1 aromatic carbocycles. The Balaban J connectivity index is 1.96. The summed E-state index contributed by atoms with van der Waals surface area (Å²) in [6.07, 6.45) is 2.52. The van der Waals surface area contributed by atoms with Crippen molar-refractivity contribution in [3.8, 4) is 11.5 Å². The maximum atomic E-state index is 12.3. The molecule has 1 heterocycles. The Bertz CT molecular complexity index is 588. The molecule has 132 valence electrons. The number of nitrogens with one attached hydrogen (secondary N) is 1. The SMILES string of the molecule is CCCOc1ccc(CNC(=O)C2CCCN2C(C)=O)cc1OC. The van der Waals surface area contributed by atoms with Gasteiger partial charge in [0, 0.05) is 20.0 Å². The molecule has 0 saturated carbocycles. The molecule has 1 N–H and O–H groups in total. The maximum absolute atomic E-state index is 12.3. The molecular formula is C18H26N2O4. The number of benzene rings is 1. The van der Waals surface area contributed by atoms with Crippen LogP contribution in [0.2, 0.25) is 0 Å². The topological polar surface area (TPSA) is 67.9 Å². The van der Waals surface area contributed by atoms with Crippen molar-refractivity contribution in [1.29, 1.82) is 0 Å². The molecule has 0 radical (unpaired) electrons. The van der Waals surface area contributed by atoms with Crippen LogP contribution in [0.1, 0.15) is 38.7 Å². The number of methoxy groups -OCH3 is 1. The summed E-state index contributed by atoms with van der Waals surface area (Å²) in [6, 6.07) is 5.28. The number of hydrogen-bond donors (Lipinski definition) is 1. The summed E-state index contributed by atoms with van der Waals surface area (Å²) in [7, 11) is 1.60. The van der Waals surface area contributed by atoms with Crippen LogP contribution in [0.5, 0.6) is 11.5 Å². The third-order valence-corrected chi connectivity index (χ3v) is 4.12. The predicted octanol–water partition coefficient (Wildman–Crippen LogP) is 2.11. The van der Waals surface area contributed by atoms with E-state index in [9.17, 15) is 9.59 Å². The Kier molecular flexibility index (Phi) is 6.46. The van der Waals surface area contributed by atoms with Gasteiger partial charge in [0.15, 0.2) is 11.5 Å². The van der Waals surface area contributed by atoms with Gasteiger partial charge < -0.3 is 19.7 Å². The first-order chi connectivity index (χ1) is 11.6. The molecule has 0 bridgehead atoms. The minimum atomic E-state index is -0.350. The van der Waals surface area contributed by atoms with Crippen molar-refractivity contribution in [1.82, 2.24) is 10.2 Å². The highest BCUT2D eigenvalue weighted by Gasteiger charge is 2.32. The third-order valence-electron chi connectivity index (χ3n) is 4.12. The average Bonchev–Trinajstić information content (AvgIpc) is 3.08. The van der Waals surface area contributed by atoms with Gasteiger partial charge in [-0.25, -0.2) is 0 Å². The summed E-state index contributed by atoms with van der Waals surface area (Å²) < 4.78 is 11.0. The minimum Gasteiger partial charge on any atom is -0.493 e. The average molecular weight is 334 g/mol. The Morgan fingerprint density at radius 2 is 2.12 bits per heavy atom. The van der Waals surface area contributed by atoms with E-state index in [1.807, 2.05) is 25.1 Å². The van der Waals surface area contributed by atoms with Crippen LogP contribution in [0.4, 0.5) is 0 Å². The van der Waals surface area contributed by atoms with Gasteiger partial charge in [0.05, 0.1) is 13.7 Å². The Hall–Kier alpha value is -2.24. The molecule has 1 unspecified atom stereocenters. The summed E-state index contributed by atoms with van der Waals surface area (Å²) in [5, 5.41) is 2.91. The Labute approximate surface area is 143 Å². The number of likely N-dealkylation sites (tertiary alicyclic amines) is 1. The van der Waals surface area contributed by atoms with Crippen LogP contribution in [0.15, 0.2) is 18.2 Å². The second-order valence-electron chi connectivity index (χ2n) is 5.92. The summed E-state index contributed by atoms with van der Waals surface area (Å²) in [5.74, 6) is 1.20. The van der Waals surface area contributed by atoms with Crippen LogP contribution < -0.4 is 14.8 Å². The zero-order chi connectivity index (χ0) is 17.5. The van der Waals surface area contributed by atoms with Crippen LogP contribution in [0, 0.1) is 0 Å². The summed E-state index contributed by atoms with van der Waals surface area (Å²) in [4.78, 5) is 25.5. The standard InChI is InChI=1S/C18H26N2O4/c1-4-10-24-16-8-7-14(11-17(16)23-3)12-19-18(22)15-6-5-9-20(15)13(2)21/h7-8,11,15H,4-6,9-10,12H2,1-3H3,(H,19,22). The Morgan fingerprint density at radius 3 is 2.79 bits per heavy atom. The lowest BCUT2D eigenvalue weighted by Crippen LogP contribution is -2.44. The van der Waals surface area contributed by atoms with Gasteiger partial charge in [-0.05, 0) is 37.0 Å². The summed E-state index contributed by atoms with van der Waals surface area (Å²) >= 11 is 0. The van der Waals surface area contributed by atoms with Gasteiger partial charge in [0.2, 0.25) is 11.8 Å². The molecule has 1 aromatic rings. The molecule has 2 amide bonds. The van der Waals surface area contributed by atoms with E-state index in [4.69, 9.17) is 9.47 Å². The van der Waals surface area contributed by atoms with Gasteiger partial charge in [-0.2, -0.15) is 0 Å². The molecule has 2 rings (SSSR count). The molecule has 1 fully saturated rings. The van der Waals surface area contributed by atoms with Crippen molar-refractivity contribution in [2.24, 2.45) is 0 Å². The molecule has 1 saturated heterocycles. The zero-order valence-corrected chi connectivity index (χ0v) is 14.6. The number of amides is 2. The van der Waals surface area contributed by atoms with Crippen LogP contribution in [-0.4, -0.2) is 43.0 Å². The highest BCUT2D eigenvalue weighted by Crippen LogP contribution is 2.28. The number of carbonyl (C=O) groups is 2. The lowest BCUT2D eigenvalue weighted by Gasteiger charge is -2.22. The van der Waals surface area contributed by atoms with E-state index >= 15 is 0 Å². The van der Waals surface area contributed by atoms with E-state index in [-0.39, 0.29) is 17.9 Å². The fourth-order valence-corrected chi connectivity index (χ4v) is 2.88. The molecular weight excluding hydrogens is 308 g/mol. The van der Waals surface area contributed by atoms with E-state index in [1.165, 1.54) is 6.92 Å². The van der Waals surface area contributed by atoms with Gasteiger partial charge in [-0.1, -0.05) is 13.0 Å². The minimum absolute atomic E-state index is 0.0493. The number of rotatable bonds is 7. The van der Waals surface area contributed by atoms with Crippen molar-refractivity contribution in [2.75, 3.05) is 20.3 Å². The van der Waals surface area contributed by atoms with Gasteiger partial charge in [0.25, 0.3) is 0 Å². The lowest BCUT2D eigenvalue weighted by molar-refractivity contribution is -0.136. The maximum Gasteiger partial charge on any atom is 0.243 e. The van der Waals surface area contributed by atoms with E-state index in [0.717, 1.165) is 24.8 Å². The van der Waals surface area contributed by atoms with Crippen molar-refractivity contribution in [3.63, 3.8) is 0 Å². The molecule has 1 aliphatic rings. The lowest BCUT2D eigenvalue weighted by atomic mass is 10.1. The molecule has 0 aliphatic carbocycles. The molecule has 6 heteroatoms. The molecule has 1 atom stereocenters. The second kappa shape index (κ2) is 8.57. The largest absolute Gasteiger partial charge is 0.493 e. The van der Waals surface area contributed by atoms with Gasteiger partial charge in [-0.15, -0.1) is 0 Å². The van der Waals surface area contributed by atoms with E-state index in [1.54, 1.807) is 12.0 Å². The molecule has 0 aromatic heterocycles. The molecule has 0 spiro atoms. The van der Waals surface area contributed by atoms with Gasteiger partial charge in [-0.3, -0.25) is 9.59 Å². The van der Waals surface area contributed by atoms with Crippen LogP contribution in [0.3, 0.4) is 0 Å². The normalized spacial score (nSPS) is 16.8. The third kappa shape index (κ3) is 4.40. The summed E-state index contributed by atoms with van der Waals surface area (Å²) in [6.45, 7) is 5.24. The zero-order valence-electron chi connectivity index (χ0n) is 14.6. The Morgan fingerprint density at radius 1 is 1.33 bits per heavy atom. The first-order valence-corrected chi connectivity index (χ1v) is 8.41. The highest BCUT2D eigenvalue weighted by atomic mass is 16.5. The van der Waals surface area contributed by atoms with Crippen LogP contribution in [-0.2, 0) is 16.1 Å². The van der Waals surface area contributed by atoms with Crippen LogP contribution in [0.25, 0.3) is 0 Å². The predicted molar refractivity (Wildman–Crippen MR) is 91.0 cm³/mol. The highest BCUT2D eigenvalue weighted by molar-refractivity contribution is 5.87. The van der Waals surface area contributed by atoms with Gasteiger partial charge >= 0.3 is 0 Å².